The Morgan fingerprint density at radius 3 is 2.71 bits per heavy atom. The topological polar surface area (TPSA) is 107 Å². The lowest BCUT2D eigenvalue weighted by atomic mass is 10.2. The molecule has 2 rings (SSSR count). The maximum atomic E-state index is 10.9. The first-order valence-corrected chi connectivity index (χ1v) is 6.02. The zero-order valence-electron chi connectivity index (χ0n) is 11.4. The van der Waals surface area contributed by atoms with Crippen LogP contribution in [0.4, 0.5) is 5.69 Å². The van der Waals surface area contributed by atoms with E-state index in [0.29, 0.717) is 0 Å². The first-order valence-electron chi connectivity index (χ1n) is 6.02. The first kappa shape index (κ1) is 14.5. The molecule has 1 aromatic carbocycles. The molecule has 1 N–H and O–H groups in total. The van der Waals surface area contributed by atoms with Crippen molar-refractivity contribution in [2.75, 3.05) is 0 Å². The molecule has 110 valence electrons. The van der Waals surface area contributed by atoms with E-state index in [1.807, 2.05) is 6.92 Å². The molecule has 8 heteroatoms. The second kappa shape index (κ2) is 5.61. The lowest BCUT2D eigenvalue weighted by Crippen LogP contribution is -2.05. The third-order valence-electron chi connectivity index (χ3n) is 2.88. The van der Waals surface area contributed by atoms with Crippen LogP contribution >= 0.6 is 0 Å². The summed E-state index contributed by atoms with van der Waals surface area (Å²) in [5.74, 6) is -1.26. The molecule has 0 aliphatic carbocycles. The molecule has 21 heavy (non-hydrogen) atoms. The van der Waals surface area contributed by atoms with E-state index < -0.39 is 10.9 Å². The van der Waals surface area contributed by atoms with Crippen LogP contribution in [0.1, 0.15) is 21.7 Å². The number of aryl methyl sites for hydroxylation is 2. The van der Waals surface area contributed by atoms with Gasteiger partial charge in [-0.3, -0.25) is 14.8 Å². The molecule has 0 atom stereocenters. The Kier molecular flexibility index (Phi) is 3.88. The number of aromatic nitrogens is 2. The van der Waals surface area contributed by atoms with Crippen LogP contribution in [0.25, 0.3) is 0 Å². The minimum absolute atomic E-state index is 0.0568. The van der Waals surface area contributed by atoms with Gasteiger partial charge in [-0.25, -0.2) is 4.79 Å². The molecule has 2 aromatic rings. The minimum Gasteiger partial charge on any atom is -0.480 e. The van der Waals surface area contributed by atoms with E-state index >= 15 is 0 Å². The Morgan fingerprint density at radius 2 is 2.19 bits per heavy atom. The SMILES string of the molecule is Cc1cc(COc2cc(C(=O)O)ccc2[N+](=O)[O-])n(C)n1. The van der Waals surface area contributed by atoms with Gasteiger partial charge in [0.15, 0.2) is 5.75 Å². The Labute approximate surface area is 119 Å². The molecule has 1 heterocycles. The van der Waals surface area contributed by atoms with Crippen molar-refractivity contribution in [1.82, 2.24) is 9.78 Å². The molecule has 0 bridgehead atoms. The highest BCUT2D eigenvalue weighted by molar-refractivity contribution is 5.88. The fraction of sp³-hybridized carbons (Fsp3) is 0.231. The van der Waals surface area contributed by atoms with Gasteiger partial charge in [0.25, 0.3) is 0 Å². The Bertz CT molecular complexity index is 708. The molecule has 0 amide bonds. The van der Waals surface area contributed by atoms with Crippen molar-refractivity contribution in [3.63, 3.8) is 0 Å². The molecule has 0 radical (unpaired) electrons. The maximum Gasteiger partial charge on any atom is 0.335 e. The fourth-order valence-corrected chi connectivity index (χ4v) is 1.86. The summed E-state index contributed by atoms with van der Waals surface area (Å²) in [6, 6.07) is 5.21. The first-order chi connectivity index (χ1) is 9.88. The number of hydrogen-bond acceptors (Lipinski definition) is 5. The molecule has 1 aromatic heterocycles. The molecule has 0 spiro atoms. The molecular formula is C13H13N3O5. The minimum atomic E-state index is -1.17. The Morgan fingerprint density at radius 1 is 1.48 bits per heavy atom. The molecule has 8 nitrogen and oxygen atoms in total. The van der Waals surface area contributed by atoms with Crippen LogP contribution in [0.3, 0.4) is 0 Å². The molecule has 0 saturated heterocycles. The largest absolute Gasteiger partial charge is 0.480 e. The van der Waals surface area contributed by atoms with E-state index in [-0.39, 0.29) is 23.6 Å². The lowest BCUT2D eigenvalue weighted by Gasteiger charge is -2.07. The monoisotopic (exact) mass is 291 g/mol. The van der Waals surface area contributed by atoms with E-state index in [9.17, 15) is 14.9 Å². The Balaban J connectivity index is 2.28. The van der Waals surface area contributed by atoms with Crippen LogP contribution in [0.2, 0.25) is 0 Å². The van der Waals surface area contributed by atoms with E-state index in [2.05, 4.69) is 5.10 Å². The predicted octanol–water partition coefficient (Wildman–Crippen LogP) is 1.91. The standard InChI is InChI=1S/C13H13N3O5/c1-8-5-10(15(2)14-8)7-21-12-6-9(13(17)18)3-4-11(12)16(19)20/h3-6H,7H2,1-2H3,(H,17,18). The van der Waals surface area contributed by atoms with Crippen molar-refractivity contribution in [1.29, 1.82) is 0 Å². The van der Waals surface area contributed by atoms with E-state index in [1.165, 1.54) is 6.07 Å². The van der Waals surface area contributed by atoms with Crippen molar-refractivity contribution in [2.45, 2.75) is 13.5 Å². The van der Waals surface area contributed by atoms with Gasteiger partial charge in [-0.15, -0.1) is 0 Å². The number of carbonyl (C=O) groups is 1. The quantitative estimate of drug-likeness (QED) is 0.666. The van der Waals surface area contributed by atoms with Gasteiger partial charge >= 0.3 is 11.7 Å². The maximum absolute atomic E-state index is 10.9. The van der Waals surface area contributed by atoms with Gasteiger partial charge in [0.05, 0.1) is 21.9 Å². The number of ether oxygens (including phenoxy) is 1. The highest BCUT2D eigenvalue weighted by atomic mass is 16.6. The van der Waals surface area contributed by atoms with Crippen molar-refractivity contribution < 1.29 is 19.6 Å². The second-order valence-electron chi connectivity index (χ2n) is 4.43. The number of hydrogen-bond donors (Lipinski definition) is 1. The molecule has 0 fully saturated rings. The van der Waals surface area contributed by atoms with Crippen LogP contribution < -0.4 is 4.74 Å². The summed E-state index contributed by atoms with van der Waals surface area (Å²) < 4.78 is 7.00. The average Bonchev–Trinajstić information content (AvgIpc) is 2.74. The van der Waals surface area contributed by atoms with Crippen LogP contribution in [0.5, 0.6) is 5.75 Å². The second-order valence-corrected chi connectivity index (χ2v) is 4.43. The van der Waals surface area contributed by atoms with Gasteiger partial charge in [-0.2, -0.15) is 5.10 Å². The summed E-state index contributed by atoms with van der Waals surface area (Å²) >= 11 is 0. The van der Waals surface area contributed by atoms with Crippen molar-refractivity contribution >= 4 is 11.7 Å². The number of benzene rings is 1. The van der Waals surface area contributed by atoms with Gasteiger partial charge in [0, 0.05) is 19.2 Å². The van der Waals surface area contributed by atoms with Crippen molar-refractivity contribution in [3.8, 4) is 5.75 Å². The summed E-state index contributed by atoms with van der Waals surface area (Å²) in [5.41, 5.74) is 1.17. The molecule has 0 aliphatic rings. The van der Waals surface area contributed by atoms with Gasteiger partial charge < -0.3 is 9.84 Å². The number of nitro benzene ring substituents is 1. The van der Waals surface area contributed by atoms with Gasteiger partial charge in [0.2, 0.25) is 0 Å². The van der Waals surface area contributed by atoms with Crippen LogP contribution in [0.15, 0.2) is 24.3 Å². The summed E-state index contributed by atoms with van der Waals surface area (Å²) in [4.78, 5) is 21.3. The Hall–Kier alpha value is -2.90. The number of nitro groups is 1. The summed E-state index contributed by atoms with van der Waals surface area (Å²) in [7, 11) is 1.73. The summed E-state index contributed by atoms with van der Waals surface area (Å²) in [6.45, 7) is 1.87. The zero-order chi connectivity index (χ0) is 15.6. The fourth-order valence-electron chi connectivity index (χ4n) is 1.86. The predicted molar refractivity (Wildman–Crippen MR) is 72.3 cm³/mol. The normalized spacial score (nSPS) is 10.4. The summed E-state index contributed by atoms with van der Waals surface area (Å²) in [6.07, 6.45) is 0. The number of aromatic carboxylic acids is 1. The van der Waals surface area contributed by atoms with Crippen LogP contribution in [-0.4, -0.2) is 25.8 Å². The molecule has 0 saturated carbocycles. The lowest BCUT2D eigenvalue weighted by molar-refractivity contribution is -0.386. The number of carboxylic acid groups (broad SMARTS) is 1. The van der Waals surface area contributed by atoms with E-state index in [0.717, 1.165) is 23.5 Å². The van der Waals surface area contributed by atoms with Crippen LogP contribution in [0, 0.1) is 17.0 Å². The third-order valence-corrected chi connectivity index (χ3v) is 2.88. The van der Waals surface area contributed by atoms with Gasteiger partial charge in [0.1, 0.15) is 6.61 Å². The van der Waals surface area contributed by atoms with Crippen LogP contribution in [-0.2, 0) is 13.7 Å². The zero-order valence-corrected chi connectivity index (χ0v) is 11.4. The van der Waals surface area contributed by atoms with E-state index in [1.54, 1.807) is 17.8 Å². The summed E-state index contributed by atoms with van der Waals surface area (Å²) in [5, 5.41) is 24.0. The van der Waals surface area contributed by atoms with Crippen molar-refractivity contribution in [3.05, 3.63) is 51.3 Å². The molecule has 0 aliphatic heterocycles. The number of rotatable bonds is 5. The smallest absolute Gasteiger partial charge is 0.335 e. The molecular weight excluding hydrogens is 278 g/mol. The highest BCUT2D eigenvalue weighted by Gasteiger charge is 2.18. The van der Waals surface area contributed by atoms with Crippen molar-refractivity contribution in [2.24, 2.45) is 7.05 Å². The number of carboxylic acids is 1. The van der Waals surface area contributed by atoms with Gasteiger partial charge in [-0.05, 0) is 19.1 Å². The van der Waals surface area contributed by atoms with E-state index in [4.69, 9.17) is 9.84 Å². The number of nitrogens with zero attached hydrogens (tertiary/aromatic N) is 3. The van der Waals surface area contributed by atoms with Gasteiger partial charge in [-0.1, -0.05) is 0 Å². The highest BCUT2D eigenvalue weighted by Crippen LogP contribution is 2.28. The average molecular weight is 291 g/mol. The third kappa shape index (κ3) is 3.16. The molecule has 0 unspecified atom stereocenters.